The molecule has 24 heavy (non-hydrogen) atoms. The zero-order valence-electron chi connectivity index (χ0n) is 13.8. The number of sulfonamides is 1. The third-order valence-corrected chi connectivity index (χ3v) is 6.19. The van der Waals surface area contributed by atoms with Crippen LogP contribution in [0, 0.1) is 12.7 Å². The number of anilines is 2. The quantitative estimate of drug-likeness (QED) is 0.913. The van der Waals surface area contributed by atoms with Crippen molar-refractivity contribution in [3.8, 4) is 0 Å². The Labute approximate surface area is 142 Å². The molecule has 0 spiro atoms. The fourth-order valence-corrected chi connectivity index (χ4v) is 4.65. The molecule has 0 unspecified atom stereocenters. The first-order valence-electron chi connectivity index (χ1n) is 8.00. The van der Waals surface area contributed by atoms with Gasteiger partial charge in [-0.15, -0.1) is 0 Å². The minimum absolute atomic E-state index is 0.190. The minimum atomic E-state index is -3.22. The van der Waals surface area contributed by atoms with Gasteiger partial charge in [-0.2, -0.15) is 0 Å². The highest BCUT2D eigenvalue weighted by atomic mass is 32.2. The standard InChI is InChI=1S/C18H21FN2O2S/c1-13-8-9-15(12-18(13)21-10-5-11-24(21,22)23)20-14(2)16-6-3-4-7-17(16)19/h3-4,6-9,12,14,20H,5,10-11H2,1-2H3/t14-/m1/s1. The molecule has 4 nitrogen and oxygen atoms in total. The van der Waals surface area contributed by atoms with Crippen molar-refractivity contribution >= 4 is 21.4 Å². The number of halogens is 1. The molecule has 2 aromatic carbocycles. The maximum absolute atomic E-state index is 13.9. The number of hydrogen-bond acceptors (Lipinski definition) is 3. The van der Waals surface area contributed by atoms with Gasteiger partial charge in [-0.25, -0.2) is 12.8 Å². The van der Waals surface area contributed by atoms with Gasteiger partial charge in [-0.3, -0.25) is 4.31 Å². The first-order chi connectivity index (χ1) is 11.4. The van der Waals surface area contributed by atoms with E-state index in [4.69, 9.17) is 0 Å². The molecular weight excluding hydrogens is 327 g/mol. The van der Waals surface area contributed by atoms with Crippen molar-refractivity contribution in [3.05, 3.63) is 59.4 Å². The van der Waals surface area contributed by atoms with Crippen LogP contribution in [0.5, 0.6) is 0 Å². The van der Waals surface area contributed by atoms with Crippen molar-refractivity contribution in [1.82, 2.24) is 0 Å². The summed E-state index contributed by atoms with van der Waals surface area (Å²) in [5.41, 5.74) is 2.95. The molecule has 1 aliphatic heterocycles. The molecule has 3 rings (SSSR count). The lowest BCUT2D eigenvalue weighted by Gasteiger charge is -2.22. The molecule has 1 heterocycles. The van der Waals surface area contributed by atoms with Crippen LogP contribution >= 0.6 is 0 Å². The molecule has 0 amide bonds. The van der Waals surface area contributed by atoms with Crippen molar-refractivity contribution in [2.75, 3.05) is 21.9 Å². The van der Waals surface area contributed by atoms with E-state index < -0.39 is 10.0 Å². The first-order valence-corrected chi connectivity index (χ1v) is 9.61. The van der Waals surface area contributed by atoms with E-state index in [2.05, 4.69) is 5.32 Å². The zero-order valence-corrected chi connectivity index (χ0v) is 14.6. The van der Waals surface area contributed by atoms with E-state index >= 15 is 0 Å². The molecule has 0 aromatic heterocycles. The zero-order chi connectivity index (χ0) is 17.3. The number of aryl methyl sites for hydroxylation is 1. The first kappa shape index (κ1) is 16.8. The Kier molecular flexibility index (Phi) is 4.49. The third kappa shape index (κ3) is 3.24. The van der Waals surface area contributed by atoms with Gasteiger partial charge in [0, 0.05) is 17.8 Å². The number of nitrogens with one attached hydrogen (secondary N) is 1. The van der Waals surface area contributed by atoms with Gasteiger partial charge < -0.3 is 5.32 Å². The molecule has 6 heteroatoms. The van der Waals surface area contributed by atoms with E-state index in [1.807, 2.05) is 32.0 Å². The second kappa shape index (κ2) is 6.43. The Morgan fingerprint density at radius 3 is 2.62 bits per heavy atom. The third-order valence-electron chi connectivity index (χ3n) is 4.33. The van der Waals surface area contributed by atoms with Crippen LogP contribution in [0.3, 0.4) is 0 Å². The molecule has 1 N–H and O–H groups in total. The highest BCUT2D eigenvalue weighted by Gasteiger charge is 2.29. The summed E-state index contributed by atoms with van der Waals surface area (Å²) in [6.07, 6.45) is 0.644. The highest BCUT2D eigenvalue weighted by Crippen LogP contribution is 2.31. The van der Waals surface area contributed by atoms with Crippen LogP contribution in [0.2, 0.25) is 0 Å². The number of nitrogens with zero attached hydrogens (tertiary/aromatic N) is 1. The van der Waals surface area contributed by atoms with Crippen LogP contribution in [0.4, 0.5) is 15.8 Å². The SMILES string of the molecule is Cc1ccc(N[C@H](C)c2ccccc2F)cc1N1CCCS1(=O)=O. The molecule has 1 fully saturated rings. The van der Waals surface area contributed by atoms with Crippen molar-refractivity contribution in [1.29, 1.82) is 0 Å². The summed E-state index contributed by atoms with van der Waals surface area (Å²) in [5.74, 6) is -0.0672. The van der Waals surface area contributed by atoms with Crippen LogP contribution in [0.25, 0.3) is 0 Å². The second-order valence-corrected chi connectivity index (χ2v) is 8.14. The average molecular weight is 348 g/mol. The second-order valence-electron chi connectivity index (χ2n) is 6.13. The molecular formula is C18H21FN2O2S. The summed E-state index contributed by atoms with van der Waals surface area (Å²) >= 11 is 0. The monoisotopic (exact) mass is 348 g/mol. The van der Waals surface area contributed by atoms with E-state index in [1.54, 1.807) is 18.2 Å². The van der Waals surface area contributed by atoms with Crippen LogP contribution in [-0.2, 0) is 10.0 Å². The van der Waals surface area contributed by atoms with Crippen LogP contribution in [0.15, 0.2) is 42.5 Å². The molecule has 0 aliphatic carbocycles. The Balaban J connectivity index is 1.88. The van der Waals surface area contributed by atoms with Gasteiger partial charge in [-0.1, -0.05) is 24.3 Å². The van der Waals surface area contributed by atoms with Crippen molar-refractivity contribution < 1.29 is 12.8 Å². The van der Waals surface area contributed by atoms with Gasteiger partial charge >= 0.3 is 0 Å². The summed E-state index contributed by atoms with van der Waals surface area (Å²) in [5, 5.41) is 3.26. The van der Waals surface area contributed by atoms with Crippen molar-refractivity contribution in [2.45, 2.75) is 26.3 Å². The summed E-state index contributed by atoms with van der Waals surface area (Å²) in [4.78, 5) is 0. The van der Waals surface area contributed by atoms with Gasteiger partial charge in [0.05, 0.1) is 17.5 Å². The maximum Gasteiger partial charge on any atom is 0.235 e. The van der Waals surface area contributed by atoms with E-state index in [9.17, 15) is 12.8 Å². The van der Waals surface area contributed by atoms with Gasteiger partial charge in [0.15, 0.2) is 0 Å². The number of hydrogen-bond donors (Lipinski definition) is 1. The molecule has 1 atom stereocenters. The largest absolute Gasteiger partial charge is 0.378 e. The Hall–Kier alpha value is -2.08. The van der Waals surface area contributed by atoms with E-state index in [0.717, 1.165) is 11.3 Å². The van der Waals surface area contributed by atoms with E-state index in [1.165, 1.54) is 10.4 Å². The topological polar surface area (TPSA) is 49.4 Å². The van der Waals surface area contributed by atoms with E-state index in [-0.39, 0.29) is 17.6 Å². The van der Waals surface area contributed by atoms with Crippen molar-refractivity contribution in [2.24, 2.45) is 0 Å². The lowest BCUT2D eigenvalue weighted by molar-refractivity contribution is 0.599. The molecule has 128 valence electrons. The van der Waals surface area contributed by atoms with Gasteiger partial charge in [0.1, 0.15) is 5.82 Å². The van der Waals surface area contributed by atoms with Crippen LogP contribution in [-0.4, -0.2) is 20.7 Å². The fourth-order valence-electron chi connectivity index (χ4n) is 3.03. The summed E-state index contributed by atoms with van der Waals surface area (Å²) in [7, 11) is -3.22. The molecule has 2 aromatic rings. The van der Waals surface area contributed by atoms with E-state index in [0.29, 0.717) is 24.2 Å². The van der Waals surface area contributed by atoms with Gasteiger partial charge in [0.25, 0.3) is 0 Å². The molecule has 0 bridgehead atoms. The Morgan fingerprint density at radius 1 is 1.21 bits per heavy atom. The summed E-state index contributed by atoms with van der Waals surface area (Å²) in [6, 6.07) is 12.0. The number of benzene rings is 2. The normalized spacial score (nSPS) is 17.7. The predicted molar refractivity (Wildman–Crippen MR) is 95.4 cm³/mol. The highest BCUT2D eigenvalue weighted by molar-refractivity contribution is 7.93. The van der Waals surface area contributed by atoms with Crippen molar-refractivity contribution in [3.63, 3.8) is 0 Å². The summed E-state index contributed by atoms with van der Waals surface area (Å²) < 4.78 is 39.7. The lowest BCUT2D eigenvalue weighted by atomic mass is 10.1. The fraction of sp³-hybridized carbons (Fsp3) is 0.333. The smallest absolute Gasteiger partial charge is 0.235 e. The van der Waals surface area contributed by atoms with Crippen LogP contribution < -0.4 is 9.62 Å². The molecule has 1 saturated heterocycles. The van der Waals surface area contributed by atoms with Crippen LogP contribution in [0.1, 0.15) is 30.5 Å². The average Bonchev–Trinajstić information content (AvgIpc) is 2.89. The number of rotatable bonds is 4. The lowest BCUT2D eigenvalue weighted by Crippen LogP contribution is -2.26. The predicted octanol–water partition coefficient (Wildman–Crippen LogP) is 3.85. The Morgan fingerprint density at radius 2 is 1.96 bits per heavy atom. The van der Waals surface area contributed by atoms with Gasteiger partial charge in [0.2, 0.25) is 10.0 Å². The minimum Gasteiger partial charge on any atom is -0.378 e. The summed E-state index contributed by atoms with van der Waals surface area (Å²) in [6.45, 7) is 4.29. The molecule has 0 radical (unpaired) electrons. The molecule has 0 saturated carbocycles. The molecule has 1 aliphatic rings. The van der Waals surface area contributed by atoms with Gasteiger partial charge in [-0.05, 0) is 44.0 Å². The maximum atomic E-state index is 13.9. The Bertz CT molecular complexity index is 852.